The third-order valence-electron chi connectivity index (χ3n) is 11.3. The monoisotopic (exact) mass is 751 g/mol. The number of rotatable bonds is 9. The zero-order valence-corrected chi connectivity index (χ0v) is 32.6. The molecule has 0 atom stereocenters. The topological polar surface area (TPSA) is 3.24 Å². The van der Waals surface area contributed by atoms with E-state index in [1.54, 1.807) is 0 Å². The highest BCUT2D eigenvalue weighted by molar-refractivity contribution is 6.03. The van der Waals surface area contributed by atoms with E-state index in [1.807, 2.05) is 0 Å². The van der Waals surface area contributed by atoms with E-state index in [0.717, 1.165) is 22.6 Å². The van der Waals surface area contributed by atoms with Crippen molar-refractivity contribution < 1.29 is 0 Å². The van der Waals surface area contributed by atoms with Crippen LogP contribution in [0.4, 0.5) is 17.1 Å². The molecular weight excluding hydrogens is 711 g/mol. The van der Waals surface area contributed by atoms with E-state index in [2.05, 4.69) is 254 Å². The number of para-hydroxylation sites is 1. The molecule has 278 valence electrons. The summed E-state index contributed by atoms with van der Waals surface area (Å²) in [5.74, 6) is 0. The first-order chi connectivity index (χ1) is 29.3. The Morgan fingerprint density at radius 2 is 0.712 bits per heavy atom. The minimum atomic E-state index is 1.08. The van der Waals surface area contributed by atoms with Gasteiger partial charge in [-0.1, -0.05) is 218 Å². The Morgan fingerprint density at radius 3 is 1.46 bits per heavy atom. The van der Waals surface area contributed by atoms with Gasteiger partial charge in [0, 0.05) is 16.9 Å². The van der Waals surface area contributed by atoms with E-state index in [-0.39, 0.29) is 0 Å². The minimum absolute atomic E-state index is 1.08. The van der Waals surface area contributed by atoms with E-state index in [4.69, 9.17) is 0 Å². The molecule has 10 rings (SSSR count). The molecule has 10 aromatic carbocycles. The Labute approximate surface area is 346 Å². The van der Waals surface area contributed by atoms with Crippen LogP contribution in [0, 0.1) is 0 Å². The first-order valence-electron chi connectivity index (χ1n) is 20.3. The molecule has 0 N–H and O–H groups in total. The SMILES string of the molecule is c1ccc(-c2ccc(N(c3cccc(-c4cccc5ccccc45)c3)c3ccccc3-c3cccc(-c4ccccc4)c3-c3ccccc3-c3ccccc3)cc2)cc1. The summed E-state index contributed by atoms with van der Waals surface area (Å²) in [6, 6.07) is 89.9. The van der Waals surface area contributed by atoms with Gasteiger partial charge in [0.25, 0.3) is 0 Å². The Bertz CT molecular complexity index is 3020. The van der Waals surface area contributed by atoms with Crippen LogP contribution in [-0.4, -0.2) is 0 Å². The van der Waals surface area contributed by atoms with Crippen LogP contribution in [0.15, 0.2) is 249 Å². The summed E-state index contributed by atoms with van der Waals surface area (Å²) in [7, 11) is 0. The summed E-state index contributed by atoms with van der Waals surface area (Å²) < 4.78 is 0. The van der Waals surface area contributed by atoms with Crippen LogP contribution < -0.4 is 4.90 Å². The van der Waals surface area contributed by atoms with Gasteiger partial charge in [0.1, 0.15) is 0 Å². The molecule has 1 heteroatoms. The molecule has 59 heavy (non-hydrogen) atoms. The highest BCUT2D eigenvalue weighted by Gasteiger charge is 2.23. The van der Waals surface area contributed by atoms with Crippen LogP contribution in [0.1, 0.15) is 0 Å². The van der Waals surface area contributed by atoms with Crippen molar-refractivity contribution in [1.29, 1.82) is 0 Å². The Kier molecular flexibility index (Phi) is 9.68. The van der Waals surface area contributed by atoms with Gasteiger partial charge < -0.3 is 4.90 Å². The molecule has 0 heterocycles. The van der Waals surface area contributed by atoms with Crippen molar-refractivity contribution in [3.05, 3.63) is 249 Å². The van der Waals surface area contributed by atoms with Crippen LogP contribution >= 0.6 is 0 Å². The van der Waals surface area contributed by atoms with Gasteiger partial charge in [0.15, 0.2) is 0 Å². The number of nitrogens with zero attached hydrogens (tertiary/aromatic N) is 1. The molecule has 0 saturated heterocycles. The van der Waals surface area contributed by atoms with Crippen molar-refractivity contribution in [1.82, 2.24) is 0 Å². The van der Waals surface area contributed by atoms with Gasteiger partial charge >= 0.3 is 0 Å². The Hall–Kier alpha value is -7.74. The average Bonchev–Trinajstić information content (AvgIpc) is 3.32. The molecule has 1 nitrogen and oxygen atoms in total. The molecule has 0 aliphatic heterocycles. The van der Waals surface area contributed by atoms with Gasteiger partial charge in [-0.2, -0.15) is 0 Å². The molecule has 0 amide bonds. The molecular formula is C58H41N. The van der Waals surface area contributed by atoms with Crippen LogP contribution in [0.3, 0.4) is 0 Å². The number of benzene rings is 10. The molecule has 0 aliphatic rings. The maximum Gasteiger partial charge on any atom is 0.0540 e. The average molecular weight is 752 g/mol. The lowest BCUT2D eigenvalue weighted by Crippen LogP contribution is -2.11. The summed E-state index contributed by atoms with van der Waals surface area (Å²) in [5, 5.41) is 2.47. The maximum atomic E-state index is 2.43. The first kappa shape index (κ1) is 35.7. The third-order valence-corrected chi connectivity index (χ3v) is 11.3. The van der Waals surface area contributed by atoms with E-state index in [0.29, 0.717) is 0 Å². The zero-order valence-electron chi connectivity index (χ0n) is 32.6. The van der Waals surface area contributed by atoms with Gasteiger partial charge in [0.05, 0.1) is 5.69 Å². The van der Waals surface area contributed by atoms with Crippen molar-refractivity contribution in [3.63, 3.8) is 0 Å². The van der Waals surface area contributed by atoms with Crippen molar-refractivity contribution in [2.24, 2.45) is 0 Å². The normalized spacial score (nSPS) is 11.1. The van der Waals surface area contributed by atoms with Crippen LogP contribution in [0.25, 0.3) is 77.5 Å². The number of hydrogen-bond donors (Lipinski definition) is 0. The zero-order chi connectivity index (χ0) is 39.4. The van der Waals surface area contributed by atoms with E-state index in [9.17, 15) is 0 Å². The molecule has 0 spiro atoms. The lowest BCUT2D eigenvalue weighted by molar-refractivity contribution is 1.28. The van der Waals surface area contributed by atoms with Crippen LogP contribution in [0.2, 0.25) is 0 Å². The van der Waals surface area contributed by atoms with E-state index in [1.165, 1.54) is 72.0 Å². The van der Waals surface area contributed by atoms with Crippen molar-refractivity contribution in [3.8, 4) is 66.8 Å². The fourth-order valence-electron chi connectivity index (χ4n) is 8.54. The summed E-state index contributed by atoms with van der Waals surface area (Å²) in [6.45, 7) is 0. The van der Waals surface area contributed by atoms with Crippen LogP contribution in [-0.2, 0) is 0 Å². The number of fused-ring (bicyclic) bond motifs is 1. The van der Waals surface area contributed by atoms with E-state index >= 15 is 0 Å². The summed E-state index contributed by atoms with van der Waals surface area (Å²) in [6.07, 6.45) is 0. The van der Waals surface area contributed by atoms with Gasteiger partial charge in [-0.15, -0.1) is 0 Å². The predicted molar refractivity (Wildman–Crippen MR) is 251 cm³/mol. The first-order valence-corrected chi connectivity index (χ1v) is 20.3. The molecule has 0 aliphatic carbocycles. The molecule has 0 unspecified atom stereocenters. The largest absolute Gasteiger partial charge is 0.310 e. The maximum absolute atomic E-state index is 2.43. The smallest absolute Gasteiger partial charge is 0.0540 e. The van der Waals surface area contributed by atoms with Crippen molar-refractivity contribution in [2.75, 3.05) is 4.90 Å². The minimum Gasteiger partial charge on any atom is -0.310 e. The number of anilines is 3. The van der Waals surface area contributed by atoms with E-state index < -0.39 is 0 Å². The summed E-state index contributed by atoms with van der Waals surface area (Å²) in [4.78, 5) is 2.43. The molecule has 0 saturated carbocycles. The Morgan fingerprint density at radius 1 is 0.237 bits per heavy atom. The molecule has 0 radical (unpaired) electrons. The highest BCUT2D eigenvalue weighted by Crippen LogP contribution is 2.49. The van der Waals surface area contributed by atoms with Crippen molar-refractivity contribution in [2.45, 2.75) is 0 Å². The van der Waals surface area contributed by atoms with Crippen molar-refractivity contribution >= 4 is 27.8 Å². The highest BCUT2D eigenvalue weighted by atomic mass is 15.1. The fraction of sp³-hybridized carbons (Fsp3) is 0. The molecule has 0 aromatic heterocycles. The second kappa shape index (κ2) is 16.0. The fourth-order valence-corrected chi connectivity index (χ4v) is 8.54. The van der Waals surface area contributed by atoms with Crippen LogP contribution in [0.5, 0.6) is 0 Å². The molecule has 0 fully saturated rings. The summed E-state index contributed by atoms with van der Waals surface area (Å²) >= 11 is 0. The molecule has 0 bridgehead atoms. The quantitative estimate of drug-likeness (QED) is 0.142. The van der Waals surface area contributed by atoms with Gasteiger partial charge in [-0.25, -0.2) is 0 Å². The molecule has 10 aromatic rings. The lowest BCUT2D eigenvalue weighted by atomic mass is 9.84. The van der Waals surface area contributed by atoms with Gasteiger partial charge in [-0.3, -0.25) is 0 Å². The second-order valence-corrected chi connectivity index (χ2v) is 14.8. The standard InChI is InChI=1S/C58H41N/c1-4-19-42(20-5-1)43-37-39-48(40-38-43)59(49-28-16-27-47(41-49)52-33-17-26-45-25-10-11-29-50(45)52)57-36-15-14-31-54(57)56-35-18-34-53(46-23-8-3-9-24-46)58(56)55-32-13-12-30-51(55)44-21-6-2-7-22-44/h1-41H. The second-order valence-electron chi connectivity index (χ2n) is 14.8. The van der Waals surface area contributed by atoms with Gasteiger partial charge in [0.2, 0.25) is 0 Å². The lowest BCUT2D eigenvalue weighted by Gasteiger charge is -2.29. The predicted octanol–water partition coefficient (Wildman–Crippen LogP) is 16.3. The number of hydrogen-bond acceptors (Lipinski definition) is 1. The Balaban J connectivity index is 1.21. The van der Waals surface area contributed by atoms with Gasteiger partial charge in [-0.05, 0) is 102 Å². The third kappa shape index (κ3) is 7.01. The summed E-state index contributed by atoms with van der Waals surface area (Å²) in [5.41, 5.74) is 17.5.